The van der Waals surface area contributed by atoms with E-state index in [0.717, 1.165) is 0 Å². The van der Waals surface area contributed by atoms with Crippen LogP contribution in [0.2, 0.25) is 0 Å². The van der Waals surface area contributed by atoms with Gasteiger partial charge in [0.05, 0.1) is 11.5 Å². The van der Waals surface area contributed by atoms with Gasteiger partial charge >= 0.3 is 17.9 Å². The highest BCUT2D eigenvalue weighted by Gasteiger charge is 2.21. The lowest BCUT2D eigenvalue weighted by Crippen LogP contribution is -2.34. The molecule has 1 unspecified atom stereocenters. The van der Waals surface area contributed by atoms with E-state index < -0.39 is 41.8 Å². The number of nitrogens with two attached hydrogens (primary N) is 1. The van der Waals surface area contributed by atoms with Crippen molar-refractivity contribution in [2.75, 3.05) is 31.1 Å². The summed E-state index contributed by atoms with van der Waals surface area (Å²) in [6.45, 7) is 1.11. The third kappa shape index (κ3) is 7.55. The standard InChI is InChI=1S/C23H27N3O8/c1-15(14-34-23(31)3-2-10-24)19-11-17(6-9-20(19)26(32)33)16-4-7-18(8-5-16)25(12-21(27)28)13-22(29)30/h4-9,11,15H,2-3,10,12-14,24H2,1H3,(H,27,28)(H,29,30). The van der Waals surface area contributed by atoms with Crippen molar-refractivity contribution in [1.29, 1.82) is 0 Å². The van der Waals surface area contributed by atoms with Gasteiger partial charge in [-0.25, -0.2) is 0 Å². The summed E-state index contributed by atoms with van der Waals surface area (Å²) < 4.78 is 5.23. The third-order valence-corrected chi connectivity index (χ3v) is 5.05. The lowest BCUT2D eigenvalue weighted by Gasteiger charge is -2.21. The van der Waals surface area contributed by atoms with E-state index in [4.69, 9.17) is 20.7 Å². The quantitative estimate of drug-likeness (QED) is 0.223. The normalized spacial score (nSPS) is 11.5. The first-order chi connectivity index (χ1) is 16.1. The van der Waals surface area contributed by atoms with E-state index in [1.807, 2.05) is 0 Å². The van der Waals surface area contributed by atoms with Crippen LogP contribution in [-0.2, 0) is 19.1 Å². The average Bonchev–Trinajstić information content (AvgIpc) is 2.79. The van der Waals surface area contributed by atoms with E-state index in [9.17, 15) is 24.5 Å². The molecule has 0 bridgehead atoms. The largest absolute Gasteiger partial charge is 0.480 e. The Kier molecular flexibility index (Phi) is 9.50. The van der Waals surface area contributed by atoms with Gasteiger partial charge in [-0.15, -0.1) is 0 Å². The molecule has 0 saturated carbocycles. The highest BCUT2D eigenvalue weighted by Crippen LogP contribution is 2.32. The first-order valence-corrected chi connectivity index (χ1v) is 10.5. The Labute approximate surface area is 195 Å². The molecule has 2 aromatic rings. The molecule has 0 amide bonds. The fourth-order valence-corrected chi connectivity index (χ4v) is 3.35. The van der Waals surface area contributed by atoms with Crippen molar-refractivity contribution in [3.8, 4) is 11.1 Å². The zero-order chi connectivity index (χ0) is 25.3. The second-order valence-electron chi connectivity index (χ2n) is 7.70. The van der Waals surface area contributed by atoms with Gasteiger partial charge in [-0.05, 0) is 48.4 Å². The minimum Gasteiger partial charge on any atom is -0.480 e. The number of nitro benzene ring substituents is 1. The van der Waals surface area contributed by atoms with Crippen molar-refractivity contribution in [1.82, 2.24) is 0 Å². The molecule has 0 aromatic heterocycles. The monoisotopic (exact) mass is 473 g/mol. The molecular weight excluding hydrogens is 446 g/mol. The van der Waals surface area contributed by atoms with Gasteiger partial charge in [0.25, 0.3) is 5.69 Å². The number of ether oxygens (including phenoxy) is 1. The third-order valence-electron chi connectivity index (χ3n) is 5.05. The van der Waals surface area contributed by atoms with Crippen LogP contribution in [0.4, 0.5) is 11.4 Å². The summed E-state index contributed by atoms with van der Waals surface area (Å²) in [6.07, 6.45) is 0.674. The molecule has 0 aliphatic carbocycles. The number of nitro groups is 1. The fourth-order valence-electron chi connectivity index (χ4n) is 3.35. The van der Waals surface area contributed by atoms with Crippen LogP contribution >= 0.6 is 0 Å². The summed E-state index contributed by atoms with van der Waals surface area (Å²) in [5, 5.41) is 29.6. The molecule has 0 aliphatic heterocycles. The Morgan fingerprint density at radius 1 is 1.06 bits per heavy atom. The molecule has 182 valence electrons. The van der Waals surface area contributed by atoms with Crippen LogP contribution in [0.5, 0.6) is 0 Å². The van der Waals surface area contributed by atoms with Crippen molar-refractivity contribution in [2.45, 2.75) is 25.7 Å². The van der Waals surface area contributed by atoms with Crippen molar-refractivity contribution >= 4 is 29.3 Å². The van der Waals surface area contributed by atoms with Crippen molar-refractivity contribution < 1.29 is 34.3 Å². The van der Waals surface area contributed by atoms with Crippen molar-refractivity contribution in [2.24, 2.45) is 5.73 Å². The molecule has 0 heterocycles. The number of anilines is 1. The smallest absolute Gasteiger partial charge is 0.323 e. The highest BCUT2D eigenvalue weighted by atomic mass is 16.6. The molecule has 0 saturated heterocycles. The lowest BCUT2D eigenvalue weighted by atomic mass is 9.95. The van der Waals surface area contributed by atoms with Crippen LogP contribution in [0.25, 0.3) is 11.1 Å². The topological polar surface area (TPSA) is 173 Å². The summed E-state index contributed by atoms with van der Waals surface area (Å²) in [5.41, 5.74) is 7.45. The molecule has 2 rings (SSSR count). The van der Waals surface area contributed by atoms with Crippen molar-refractivity contribution in [3.63, 3.8) is 0 Å². The maximum Gasteiger partial charge on any atom is 0.323 e. The summed E-state index contributed by atoms with van der Waals surface area (Å²) >= 11 is 0. The van der Waals surface area contributed by atoms with E-state index in [1.54, 1.807) is 43.3 Å². The molecule has 11 heteroatoms. The van der Waals surface area contributed by atoms with E-state index >= 15 is 0 Å². The van der Waals surface area contributed by atoms with Crippen LogP contribution in [0.15, 0.2) is 42.5 Å². The van der Waals surface area contributed by atoms with E-state index in [1.165, 1.54) is 11.0 Å². The molecule has 11 nitrogen and oxygen atoms in total. The van der Waals surface area contributed by atoms with E-state index in [-0.39, 0.29) is 18.7 Å². The maximum absolute atomic E-state index is 11.8. The van der Waals surface area contributed by atoms with Gasteiger partial charge in [-0.3, -0.25) is 24.5 Å². The number of hydrogen-bond acceptors (Lipinski definition) is 8. The van der Waals surface area contributed by atoms with Gasteiger partial charge in [0.1, 0.15) is 13.1 Å². The molecule has 34 heavy (non-hydrogen) atoms. The second kappa shape index (κ2) is 12.3. The number of hydrogen-bond donors (Lipinski definition) is 3. The first kappa shape index (κ1) is 26.3. The molecule has 0 radical (unpaired) electrons. The highest BCUT2D eigenvalue weighted by molar-refractivity contribution is 5.80. The average molecular weight is 473 g/mol. The summed E-state index contributed by atoms with van der Waals surface area (Å²) in [5.74, 6) is -3.19. The number of carboxylic acid groups (broad SMARTS) is 2. The minimum atomic E-state index is -1.16. The van der Waals surface area contributed by atoms with Gasteiger partial charge in [0.2, 0.25) is 0 Å². The van der Waals surface area contributed by atoms with Crippen LogP contribution in [0, 0.1) is 10.1 Å². The summed E-state index contributed by atoms with van der Waals surface area (Å²) in [7, 11) is 0. The summed E-state index contributed by atoms with van der Waals surface area (Å²) in [4.78, 5) is 46.1. The first-order valence-electron chi connectivity index (χ1n) is 10.5. The number of carboxylic acids is 2. The molecule has 0 aliphatic rings. The van der Waals surface area contributed by atoms with Crippen LogP contribution < -0.4 is 10.6 Å². The SMILES string of the molecule is CC(COC(=O)CCCN)c1cc(-c2ccc(N(CC(=O)O)CC(=O)O)cc2)ccc1[N+](=O)[O-]. The van der Waals surface area contributed by atoms with E-state index in [2.05, 4.69) is 0 Å². The Hall–Kier alpha value is -3.99. The molecule has 4 N–H and O–H groups in total. The number of carbonyl (C=O) groups is 3. The van der Waals surface area contributed by atoms with Gasteiger partial charge in [-0.2, -0.15) is 0 Å². The van der Waals surface area contributed by atoms with Gasteiger partial charge < -0.3 is 25.6 Å². The Balaban J connectivity index is 2.28. The van der Waals surface area contributed by atoms with Crippen LogP contribution in [-0.4, -0.2) is 59.3 Å². The number of benzene rings is 2. The zero-order valence-electron chi connectivity index (χ0n) is 18.7. The Morgan fingerprint density at radius 3 is 2.18 bits per heavy atom. The number of rotatable bonds is 13. The molecule has 0 fully saturated rings. The maximum atomic E-state index is 11.8. The molecule has 0 spiro atoms. The van der Waals surface area contributed by atoms with Crippen molar-refractivity contribution in [3.05, 3.63) is 58.1 Å². The van der Waals surface area contributed by atoms with E-state index in [0.29, 0.717) is 35.3 Å². The second-order valence-corrected chi connectivity index (χ2v) is 7.70. The van der Waals surface area contributed by atoms with Crippen LogP contribution in [0.3, 0.4) is 0 Å². The van der Waals surface area contributed by atoms with Gasteiger partial charge in [-0.1, -0.05) is 19.1 Å². The Bertz CT molecular complexity index is 1020. The number of nitrogens with zero attached hydrogens (tertiary/aromatic N) is 2. The van der Waals surface area contributed by atoms with Crippen LogP contribution in [0.1, 0.15) is 31.2 Å². The number of aliphatic carboxylic acids is 2. The lowest BCUT2D eigenvalue weighted by molar-refractivity contribution is -0.385. The predicted octanol–water partition coefficient (Wildman–Crippen LogP) is 2.62. The predicted molar refractivity (Wildman–Crippen MR) is 124 cm³/mol. The zero-order valence-corrected chi connectivity index (χ0v) is 18.7. The number of carbonyl (C=O) groups excluding carboxylic acids is 1. The van der Waals surface area contributed by atoms with Gasteiger partial charge in [0, 0.05) is 29.7 Å². The minimum absolute atomic E-state index is 0.0219. The molecular formula is C23H27N3O8. The fraction of sp³-hybridized carbons (Fsp3) is 0.348. The van der Waals surface area contributed by atoms with Gasteiger partial charge in [0.15, 0.2) is 0 Å². The Morgan fingerprint density at radius 2 is 1.65 bits per heavy atom. The molecule has 1 atom stereocenters. The molecule has 2 aromatic carbocycles. The summed E-state index contributed by atoms with van der Waals surface area (Å²) in [6, 6.07) is 11.1. The number of esters is 1.